The molecule has 3 aliphatic rings. The van der Waals surface area contributed by atoms with Gasteiger partial charge in [0.25, 0.3) is 0 Å². The predicted octanol–water partition coefficient (Wildman–Crippen LogP) is -6.22. The molecular weight excluding hydrogens is 854 g/mol. The van der Waals surface area contributed by atoms with E-state index < -0.39 is 124 Å². The second-order valence-electron chi connectivity index (χ2n) is 14.4. The van der Waals surface area contributed by atoms with Crippen LogP contribution >= 0.6 is 0 Å². The lowest BCUT2D eigenvalue weighted by molar-refractivity contribution is -0.381. The van der Waals surface area contributed by atoms with Gasteiger partial charge in [0.2, 0.25) is 0 Å². The number of aliphatic hydroxyl groups excluding tert-OH is 11. The van der Waals surface area contributed by atoms with Crippen LogP contribution in [0, 0.1) is 0 Å². The number of ether oxygens (including phenoxy) is 12. The Morgan fingerprint density at radius 3 is 1.49 bits per heavy atom. The fraction of sp³-hybridized carbons (Fsp3) is 0.816. The fourth-order valence-corrected chi connectivity index (χ4v) is 6.46. The standard InChI is InChI=1S/C38H63NO24/c40-6-7-52-8-9-53-10-11-54-12-13-55-14-15-56-20-25(39-38(51)57-19-21-4-2-1-3-5-21)61-35-31(49)28(46)33(23(17-42)59-35)63-37-32(50)29(47)34(24(18-43)60-37)62-36-30(48)27(45)26(44)22(16-41)58-36/h1-5,22-37,40-50H,6-20H2,(H,39,51)/t22-,23-,24-,25?,26-,27+,28-,29-,30-,31-,32-,33-,34-,35+,36-,37-/m1/s1. The van der Waals surface area contributed by atoms with Crippen LogP contribution in [0.25, 0.3) is 0 Å². The van der Waals surface area contributed by atoms with Crippen molar-refractivity contribution in [1.82, 2.24) is 5.32 Å². The monoisotopic (exact) mass is 917 g/mol. The molecular formula is C38H63NO24. The van der Waals surface area contributed by atoms with Gasteiger partial charge in [0.15, 0.2) is 25.1 Å². The highest BCUT2D eigenvalue weighted by Crippen LogP contribution is 2.33. The summed E-state index contributed by atoms with van der Waals surface area (Å²) >= 11 is 0. The van der Waals surface area contributed by atoms with E-state index >= 15 is 0 Å². The molecule has 0 spiro atoms. The Morgan fingerprint density at radius 1 is 0.540 bits per heavy atom. The van der Waals surface area contributed by atoms with Crippen molar-refractivity contribution in [3.63, 3.8) is 0 Å². The second kappa shape index (κ2) is 28.6. The Hall–Kier alpha value is -2.39. The van der Waals surface area contributed by atoms with Gasteiger partial charge in [-0.1, -0.05) is 30.3 Å². The maximum Gasteiger partial charge on any atom is 0.409 e. The van der Waals surface area contributed by atoms with E-state index in [1.54, 1.807) is 30.3 Å². The van der Waals surface area contributed by atoms with Crippen molar-refractivity contribution in [2.45, 2.75) is 105 Å². The lowest BCUT2D eigenvalue weighted by atomic mass is 9.96. The molecule has 25 nitrogen and oxygen atoms in total. The molecule has 16 atom stereocenters. The smallest absolute Gasteiger partial charge is 0.409 e. The molecule has 12 N–H and O–H groups in total. The molecule has 3 aliphatic heterocycles. The molecule has 0 bridgehead atoms. The Kier molecular flexibility index (Phi) is 24.2. The average molecular weight is 918 g/mol. The first-order valence-corrected chi connectivity index (χ1v) is 20.4. The molecule has 63 heavy (non-hydrogen) atoms. The van der Waals surface area contributed by atoms with Crippen LogP contribution in [0.3, 0.4) is 0 Å². The summed E-state index contributed by atoms with van der Waals surface area (Å²) in [5.41, 5.74) is 0.687. The Balaban J connectivity index is 1.30. The molecule has 0 radical (unpaired) electrons. The van der Waals surface area contributed by atoms with Gasteiger partial charge < -0.3 is 113 Å². The van der Waals surface area contributed by atoms with Crippen molar-refractivity contribution >= 4 is 6.09 Å². The zero-order valence-electron chi connectivity index (χ0n) is 34.5. The summed E-state index contributed by atoms with van der Waals surface area (Å²) < 4.78 is 66.0. The third-order valence-electron chi connectivity index (χ3n) is 9.86. The largest absolute Gasteiger partial charge is 0.445 e. The molecule has 3 fully saturated rings. The summed E-state index contributed by atoms with van der Waals surface area (Å²) in [5, 5.41) is 116. The number of benzene rings is 1. The minimum absolute atomic E-state index is 0.0161. The van der Waals surface area contributed by atoms with E-state index in [0.717, 1.165) is 0 Å². The molecule has 3 saturated heterocycles. The number of amides is 1. The van der Waals surface area contributed by atoms with Crippen LogP contribution in [-0.2, 0) is 63.4 Å². The van der Waals surface area contributed by atoms with Crippen LogP contribution in [0.1, 0.15) is 5.56 Å². The zero-order chi connectivity index (χ0) is 45.7. The summed E-state index contributed by atoms with van der Waals surface area (Å²) in [7, 11) is 0. The van der Waals surface area contributed by atoms with Crippen molar-refractivity contribution in [2.24, 2.45) is 0 Å². The van der Waals surface area contributed by atoms with Crippen LogP contribution in [0.4, 0.5) is 4.79 Å². The molecule has 3 heterocycles. The van der Waals surface area contributed by atoms with Crippen LogP contribution < -0.4 is 5.32 Å². The molecule has 0 saturated carbocycles. The van der Waals surface area contributed by atoms with Crippen LogP contribution in [0.5, 0.6) is 0 Å². The van der Waals surface area contributed by atoms with E-state index in [0.29, 0.717) is 32.0 Å². The van der Waals surface area contributed by atoms with Crippen LogP contribution in [-0.4, -0.2) is 253 Å². The summed E-state index contributed by atoms with van der Waals surface area (Å²) in [6.45, 7) is -0.763. The number of carbonyl (C=O) groups is 1. The lowest BCUT2D eigenvalue weighted by Gasteiger charge is -2.48. The van der Waals surface area contributed by atoms with Crippen molar-refractivity contribution in [1.29, 1.82) is 0 Å². The van der Waals surface area contributed by atoms with E-state index in [9.17, 15) is 55.9 Å². The number of rotatable bonds is 28. The van der Waals surface area contributed by atoms with E-state index in [4.69, 9.17) is 61.9 Å². The quantitative estimate of drug-likeness (QED) is 0.0275. The number of aliphatic hydroxyl groups is 11. The SMILES string of the molecule is O=C(NC(COCCOCCOCCOCCOCCO)O[C@@H]1O[C@H](CO)[C@@H](O[C@H]2O[C@H](CO)[C@@H](O[C@H]3O[C@H](CO)[C@@H](O)[C@H](O)[C@H]3O)[C@H](O)[C@H]2O)[C@H](O)[C@H]1O)OCc1ccccc1. The van der Waals surface area contributed by atoms with Gasteiger partial charge in [-0.25, -0.2) is 4.79 Å². The lowest BCUT2D eigenvalue weighted by Crippen LogP contribution is -2.67. The molecule has 0 aliphatic carbocycles. The molecule has 25 heteroatoms. The van der Waals surface area contributed by atoms with Gasteiger partial charge in [0, 0.05) is 0 Å². The van der Waals surface area contributed by atoms with Crippen LogP contribution in [0.2, 0.25) is 0 Å². The summed E-state index contributed by atoms with van der Waals surface area (Å²) in [6.07, 6.45) is -28.8. The van der Waals surface area contributed by atoms with E-state index in [2.05, 4.69) is 5.32 Å². The maximum absolute atomic E-state index is 12.8. The topological polar surface area (TPSA) is 362 Å². The molecule has 1 aromatic carbocycles. The minimum atomic E-state index is -2.02. The Bertz CT molecular complexity index is 1370. The second-order valence-corrected chi connectivity index (χ2v) is 14.4. The highest BCUT2D eigenvalue weighted by Gasteiger charge is 2.53. The summed E-state index contributed by atoms with van der Waals surface area (Å²) in [4.78, 5) is 12.8. The number of nitrogens with one attached hydrogen (secondary N) is 1. The number of alkyl carbamates (subject to hydrolysis) is 1. The summed E-state index contributed by atoms with van der Waals surface area (Å²) in [5.74, 6) is 0. The first-order chi connectivity index (χ1) is 30.4. The Labute approximate surface area is 362 Å². The highest BCUT2D eigenvalue weighted by atomic mass is 16.8. The van der Waals surface area contributed by atoms with E-state index in [1.807, 2.05) is 0 Å². The predicted molar refractivity (Wildman–Crippen MR) is 205 cm³/mol. The summed E-state index contributed by atoms with van der Waals surface area (Å²) in [6, 6.07) is 8.78. The van der Waals surface area contributed by atoms with Gasteiger partial charge in [-0.2, -0.15) is 0 Å². The van der Waals surface area contributed by atoms with Crippen molar-refractivity contribution in [3.05, 3.63) is 35.9 Å². The molecule has 0 aromatic heterocycles. The molecule has 1 unspecified atom stereocenters. The van der Waals surface area contributed by atoms with Gasteiger partial charge in [-0.15, -0.1) is 0 Å². The zero-order valence-corrected chi connectivity index (χ0v) is 34.5. The first-order valence-electron chi connectivity index (χ1n) is 20.4. The van der Waals surface area contributed by atoms with Crippen molar-refractivity contribution in [3.8, 4) is 0 Å². The minimum Gasteiger partial charge on any atom is -0.445 e. The normalized spacial score (nSPS) is 34.1. The highest BCUT2D eigenvalue weighted by molar-refractivity contribution is 5.67. The van der Waals surface area contributed by atoms with Crippen LogP contribution in [0.15, 0.2) is 30.3 Å². The van der Waals surface area contributed by atoms with Gasteiger partial charge in [0.1, 0.15) is 79.9 Å². The fourth-order valence-electron chi connectivity index (χ4n) is 6.46. The van der Waals surface area contributed by atoms with Gasteiger partial charge in [0.05, 0.1) is 92.5 Å². The molecule has 1 amide bonds. The Morgan fingerprint density at radius 2 is 0.984 bits per heavy atom. The van der Waals surface area contributed by atoms with Gasteiger partial charge >= 0.3 is 6.09 Å². The molecule has 1 aromatic rings. The van der Waals surface area contributed by atoms with Gasteiger partial charge in [-0.05, 0) is 5.56 Å². The van der Waals surface area contributed by atoms with E-state index in [1.165, 1.54) is 0 Å². The number of hydrogen-bond donors (Lipinski definition) is 12. The number of carbonyl (C=O) groups excluding carboxylic acids is 1. The van der Waals surface area contributed by atoms with E-state index in [-0.39, 0.29) is 52.9 Å². The number of hydrogen-bond acceptors (Lipinski definition) is 24. The third-order valence-corrected chi connectivity index (χ3v) is 9.86. The molecule has 364 valence electrons. The van der Waals surface area contributed by atoms with Crippen molar-refractivity contribution in [2.75, 3.05) is 92.5 Å². The first kappa shape index (κ1) is 53.2. The molecule has 4 rings (SSSR count). The maximum atomic E-state index is 12.8. The van der Waals surface area contributed by atoms with Crippen molar-refractivity contribution < 1.29 is 118 Å². The third kappa shape index (κ3) is 16.5. The average Bonchev–Trinajstić information content (AvgIpc) is 3.29. The van der Waals surface area contributed by atoms with Gasteiger partial charge in [-0.3, -0.25) is 5.32 Å².